The Morgan fingerprint density at radius 3 is 1.32 bits per heavy atom. The maximum absolute atomic E-state index is 11.8. The summed E-state index contributed by atoms with van der Waals surface area (Å²) in [4.78, 5) is 23.6. The second-order valence-electron chi connectivity index (χ2n) is 9.57. The molecule has 0 aliphatic carbocycles. The first-order valence-electron chi connectivity index (χ1n) is 14.4. The molecule has 0 unspecified atom stereocenters. The van der Waals surface area contributed by atoms with Crippen molar-refractivity contribution in [1.82, 2.24) is 5.06 Å². The lowest BCUT2D eigenvalue weighted by molar-refractivity contribution is -0.146. The predicted octanol–water partition coefficient (Wildman–Crippen LogP) is 8.59. The molecule has 1 amide bonds. The molecule has 0 aromatic carbocycles. The quantitative estimate of drug-likeness (QED) is 0.0606. The minimum Gasteiger partial charge on any atom is -0.466 e. The monoisotopic (exact) mass is 485 g/mol. The van der Waals surface area contributed by atoms with Crippen molar-refractivity contribution in [1.29, 1.82) is 0 Å². The number of unbranched alkanes of at least 4 members (excludes halogenated alkanes) is 18. The SMILES string of the molecule is CCCCCCCCCCCCOC(=O)CCN(O)C(=O)OCCCCCCCCCCCC. The molecule has 0 aliphatic rings. The number of ether oxygens (including phenoxy) is 2. The van der Waals surface area contributed by atoms with Crippen molar-refractivity contribution in [2.24, 2.45) is 0 Å². The maximum atomic E-state index is 11.8. The molecular weight excluding hydrogens is 430 g/mol. The molecule has 0 aliphatic heterocycles. The van der Waals surface area contributed by atoms with Gasteiger partial charge in [0.15, 0.2) is 0 Å². The van der Waals surface area contributed by atoms with Crippen molar-refractivity contribution in [3.63, 3.8) is 0 Å². The van der Waals surface area contributed by atoms with E-state index in [0.717, 1.165) is 32.1 Å². The number of hydroxylamine groups is 2. The number of hydrogen-bond donors (Lipinski definition) is 1. The lowest BCUT2D eigenvalue weighted by Crippen LogP contribution is -2.31. The van der Waals surface area contributed by atoms with E-state index in [2.05, 4.69) is 13.8 Å². The van der Waals surface area contributed by atoms with Crippen LogP contribution in [0.2, 0.25) is 0 Å². The fourth-order valence-corrected chi connectivity index (χ4v) is 3.96. The summed E-state index contributed by atoms with van der Waals surface area (Å²) in [6.07, 6.45) is 23.6. The first kappa shape index (κ1) is 32.7. The molecule has 0 rings (SSSR count). The number of hydrogen-bond acceptors (Lipinski definition) is 5. The fraction of sp³-hybridized carbons (Fsp3) is 0.929. The number of nitrogens with zero attached hydrogens (tertiary/aromatic N) is 1. The molecule has 1 N–H and O–H groups in total. The van der Waals surface area contributed by atoms with Crippen LogP contribution in [0.3, 0.4) is 0 Å². The van der Waals surface area contributed by atoms with E-state index in [1.807, 2.05) is 0 Å². The number of carbonyl (C=O) groups is 2. The third kappa shape index (κ3) is 23.8. The molecule has 0 radical (unpaired) electrons. The lowest BCUT2D eigenvalue weighted by Gasteiger charge is -2.14. The molecule has 0 heterocycles. The van der Waals surface area contributed by atoms with Gasteiger partial charge in [0.05, 0.1) is 26.2 Å². The minimum absolute atomic E-state index is 0.0262. The van der Waals surface area contributed by atoms with Gasteiger partial charge in [0.25, 0.3) is 0 Å². The molecular formula is C28H55NO5. The van der Waals surface area contributed by atoms with E-state index in [4.69, 9.17) is 9.47 Å². The number of esters is 1. The van der Waals surface area contributed by atoms with Crippen LogP contribution in [-0.4, -0.2) is 42.1 Å². The smallest absolute Gasteiger partial charge is 0.433 e. The van der Waals surface area contributed by atoms with Crippen LogP contribution < -0.4 is 0 Å². The third-order valence-electron chi connectivity index (χ3n) is 6.22. The van der Waals surface area contributed by atoms with Gasteiger partial charge in [0.1, 0.15) is 0 Å². The van der Waals surface area contributed by atoms with Crippen molar-refractivity contribution >= 4 is 12.1 Å². The minimum atomic E-state index is -0.793. The molecule has 0 aromatic rings. The highest BCUT2D eigenvalue weighted by molar-refractivity contribution is 5.71. The van der Waals surface area contributed by atoms with E-state index in [1.165, 1.54) is 96.3 Å². The first-order chi connectivity index (χ1) is 16.6. The third-order valence-corrected chi connectivity index (χ3v) is 6.22. The van der Waals surface area contributed by atoms with Gasteiger partial charge in [-0.25, -0.2) is 4.79 Å². The normalized spacial score (nSPS) is 10.9. The molecule has 202 valence electrons. The highest BCUT2D eigenvalue weighted by Gasteiger charge is 2.14. The number of rotatable bonds is 25. The predicted molar refractivity (Wildman–Crippen MR) is 139 cm³/mol. The largest absolute Gasteiger partial charge is 0.466 e. The molecule has 0 fully saturated rings. The van der Waals surface area contributed by atoms with Crippen LogP contribution in [0.5, 0.6) is 0 Å². The van der Waals surface area contributed by atoms with Crippen LogP contribution in [0.4, 0.5) is 4.79 Å². The molecule has 34 heavy (non-hydrogen) atoms. The Morgan fingerprint density at radius 2 is 0.912 bits per heavy atom. The zero-order valence-corrected chi connectivity index (χ0v) is 22.5. The van der Waals surface area contributed by atoms with Gasteiger partial charge in [-0.1, -0.05) is 129 Å². The Hall–Kier alpha value is -1.30. The van der Waals surface area contributed by atoms with Crippen molar-refractivity contribution in [3.05, 3.63) is 0 Å². The summed E-state index contributed by atoms with van der Waals surface area (Å²) < 4.78 is 10.3. The van der Waals surface area contributed by atoms with Gasteiger partial charge in [0, 0.05) is 0 Å². The van der Waals surface area contributed by atoms with Crippen LogP contribution >= 0.6 is 0 Å². The van der Waals surface area contributed by atoms with Crippen LogP contribution in [0, 0.1) is 0 Å². The topological polar surface area (TPSA) is 76.1 Å². The zero-order chi connectivity index (χ0) is 25.1. The lowest BCUT2D eigenvalue weighted by atomic mass is 10.1. The Kier molecular flexibility index (Phi) is 25.3. The summed E-state index contributed by atoms with van der Waals surface area (Å²) in [7, 11) is 0. The molecule has 0 aromatic heterocycles. The van der Waals surface area contributed by atoms with E-state index in [0.29, 0.717) is 18.3 Å². The van der Waals surface area contributed by atoms with Crippen molar-refractivity contribution in [3.8, 4) is 0 Å². The van der Waals surface area contributed by atoms with E-state index in [9.17, 15) is 14.8 Å². The van der Waals surface area contributed by atoms with Crippen LogP contribution in [-0.2, 0) is 14.3 Å². The number of amides is 1. The maximum Gasteiger partial charge on any atom is 0.433 e. The summed E-state index contributed by atoms with van der Waals surface area (Å²) in [6, 6.07) is 0. The summed E-state index contributed by atoms with van der Waals surface area (Å²) >= 11 is 0. The standard InChI is InChI=1S/C28H55NO5/c1-3-5-7-9-11-13-15-17-19-21-25-33-27(30)23-24-29(32)28(31)34-26-22-20-18-16-14-12-10-8-6-4-2/h32H,3-26H2,1-2H3. The van der Waals surface area contributed by atoms with Crippen LogP contribution in [0.15, 0.2) is 0 Å². The van der Waals surface area contributed by atoms with Gasteiger partial charge in [-0.3, -0.25) is 10.0 Å². The second kappa shape index (κ2) is 26.3. The Balaban J connectivity index is 3.44. The van der Waals surface area contributed by atoms with Crippen molar-refractivity contribution < 1.29 is 24.3 Å². The van der Waals surface area contributed by atoms with Gasteiger partial charge < -0.3 is 9.47 Å². The fourth-order valence-electron chi connectivity index (χ4n) is 3.96. The zero-order valence-electron chi connectivity index (χ0n) is 22.5. The van der Waals surface area contributed by atoms with E-state index in [1.54, 1.807) is 0 Å². The molecule has 0 saturated heterocycles. The average Bonchev–Trinajstić information content (AvgIpc) is 2.84. The first-order valence-corrected chi connectivity index (χ1v) is 14.4. The van der Waals surface area contributed by atoms with Gasteiger partial charge >= 0.3 is 12.1 Å². The summed E-state index contributed by atoms with van der Waals surface area (Å²) in [5, 5.41) is 10.2. The highest BCUT2D eigenvalue weighted by atomic mass is 16.6. The summed E-state index contributed by atoms with van der Waals surface area (Å²) in [6.45, 7) is 5.08. The van der Waals surface area contributed by atoms with Gasteiger partial charge in [0.2, 0.25) is 0 Å². The molecule has 0 saturated carbocycles. The Bertz CT molecular complexity index is 458. The van der Waals surface area contributed by atoms with Gasteiger partial charge in [-0.2, -0.15) is 5.06 Å². The molecule has 0 bridgehead atoms. The Morgan fingerprint density at radius 1 is 0.559 bits per heavy atom. The van der Waals surface area contributed by atoms with E-state index >= 15 is 0 Å². The highest BCUT2D eigenvalue weighted by Crippen LogP contribution is 2.12. The van der Waals surface area contributed by atoms with Crippen LogP contribution in [0.1, 0.15) is 149 Å². The van der Waals surface area contributed by atoms with Gasteiger partial charge in [-0.15, -0.1) is 0 Å². The molecule has 6 heteroatoms. The summed E-state index contributed by atoms with van der Waals surface area (Å²) in [5.41, 5.74) is 0. The van der Waals surface area contributed by atoms with E-state index < -0.39 is 12.1 Å². The molecule has 0 atom stereocenters. The summed E-state index contributed by atoms with van der Waals surface area (Å²) in [5.74, 6) is -0.391. The molecule has 0 spiro atoms. The van der Waals surface area contributed by atoms with Crippen molar-refractivity contribution in [2.45, 2.75) is 149 Å². The number of carbonyl (C=O) groups excluding carboxylic acids is 2. The van der Waals surface area contributed by atoms with Crippen LogP contribution in [0.25, 0.3) is 0 Å². The van der Waals surface area contributed by atoms with Gasteiger partial charge in [-0.05, 0) is 12.8 Å². The van der Waals surface area contributed by atoms with Crippen molar-refractivity contribution in [2.75, 3.05) is 19.8 Å². The van der Waals surface area contributed by atoms with E-state index in [-0.39, 0.29) is 13.0 Å². The Labute approximate surface area is 210 Å². The second-order valence-corrected chi connectivity index (χ2v) is 9.57. The average molecular weight is 486 g/mol. The molecule has 6 nitrogen and oxygen atoms in total.